The van der Waals surface area contributed by atoms with Crippen LogP contribution in [-0.4, -0.2) is 24.8 Å². The summed E-state index contributed by atoms with van der Waals surface area (Å²) in [6, 6.07) is 0. The van der Waals surface area contributed by atoms with Crippen molar-refractivity contribution >= 4 is 18.5 Å². The maximum Gasteiger partial charge on any atom is 0.405 e. The van der Waals surface area contributed by atoms with Crippen molar-refractivity contribution in [3.63, 3.8) is 0 Å². The third kappa shape index (κ3) is 5.85. The van der Waals surface area contributed by atoms with E-state index in [0.717, 1.165) is 32.4 Å². The van der Waals surface area contributed by atoms with Crippen LogP contribution in [0.1, 0.15) is 33.1 Å². The number of amides is 1. The summed E-state index contributed by atoms with van der Waals surface area (Å²) >= 11 is 0. The van der Waals surface area contributed by atoms with Crippen LogP contribution >= 0.6 is 12.4 Å². The van der Waals surface area contributed by atoms with E-state index in [1.807, 2.05) is 13.8 Å². The molecule has 1 aliphatic heterocycles. The van der Waals surface area contributed by atoms with Crippen molar-refractivity contribution in [2.45, 2.75) is 38.7 Å². The van der Waals surface area contributed by atoms with Crippen LogP contribution in [0, 0.1) is 5.92 Å². The Morgan fingerprint density at radius 3 is 2.47 bits per heavy atom. The average molecular weight is 237 g/mol. The maximum absolute atomic E-state index is 10.6. The largest absolute Gasteiger partial charge is 0.444 e. The van der Waals surface area contributed by atoms with E-state index in [4.69, 9.17) is 10.5 Å². The molecule has 90 valence electrons. The van der Waals surface area contributed by atoms with E-state index < -0.39 is 11.7 Å². The standard InChI is InChI=1S/C10H20N2O2.ClH/c1-10(2,14-9(11)13)7-8-3-5-12-6-4-8;/h8,12H,3-7H2,1-2H3,(H2,11,13);1H. The minimum atomic E-state index is -0.677. The lowest BCUT2D eigenvalue weighted by atomic mass is 9.87. The molecule has 1 saturated heterocycles. The monoisotopic (exact) mass is 236 g/mol. The molecule has 0 radical (unpaired) electrons. The van der Waals surface area contributed by atoms with Crippen LogP contribution in [0.15, 0.2) is 0 Å². The number of primary amides is 1. The van der Waals surface area contributed by atoms with Gasteiger partial charge in [-0.15, -0.1) is 12.4 Å². The molecule has 0 aliphatic carbocycles. The molecule has 3 N–H and O–H groups in total. The van der Waals surface area contributed by atoms with Crippen molar-refractivity contribution in [1.82, 2.24) is 5.32 Å². The minimum Gasteiger partial charge on any atom is -0.444 e. The highest BCUT2D eigenvalue weighted by Crippen LogP contribution is 2.26. The Bertz CT molecular complexity index is 204. The molecule has 1 rings (SSSR count). The smallest absolute Gasteiger partial charge is 0.405 e. The molecule has 0 bridgehead atoms. The van der Waals surface area contributed by atoms with Gasteiger partial charge in [0.2, 0.25) is 0 Å². The highest BCUT2D eigenvalue weighted by molar-refractivity contribution is 5.85. The number of ether oxygens (including phenoxy) is 1. The van der Waals surface area contributed by atoms with E-state index in [1.54, 1.807) is 0 Å². The summed E-state index contributed by atoms with van der Waals surface area (Å²) in [6.07, 6.45) is 2.54. The van der Waals surface area contributed by atoms with E-state index in [-0.39, 0.29) is 12.4 Å². The molecule has 0 aromatic rings. The quantitative estimate of drug-likeness (QED) is 0.784. The van der Waals surface area contributed by atoms with Crippen molar-refractivity contribution in [2.75, 3.05) is 13.1 Å². The first-order valence-corrected chi connectivity index (χ1v) is 5.19. The van der Waals surface area contributed by atoms with Crippen molar-refractivity contribution in [2.24, 2.45) is 11.7 Å². The molecule has 5 heteroatoms. The fourth-order valence-corrected chi connectivity index (χ4v) is 2.10. The fourth-order valence-electron chi connectivity index (χ4n) is 2.10. The molecule has 0 atom stereocenters. The van der Waals surface area contributed by atoms with Gasteiger partial charge in [0.1, 0.15) is 5.60 Å². The molecule has 1 amide bonds. The molecule has 0 aromatic carbocycles. The number of hydrogen-bond donors (Lipinski definition) is 2. The lowest BCUT2D eigenvalue weighted by Crippen LogP contribution is -2.36. The zero-order valence-electron chi connectivity index (χ0n) is 9.41. The molecule has 0 spiro atoms. The normalized spacial score (nSPS) is 18.0. The lowest BCUT2D eigenvalue weighted by Gasteiger charge is -2.31. The number of halogens is 1. The molecular formula is C10H21ClN2O2. The van der Waals surface area contributed by atoms with Gasteiger partial charge in [-0.3, -0.25) is 0 Å². The van der Waals surface area contributed by atoms with Crippen LogP contribution in [-0.2, 0) is 4.74 Å². The second kappa shape index (κ2) is 6.18. The summed E-state index contributed by atoms with van der Waals surface area (Å²) in [4.78, 5) is 10.6. The Hall–Kier alpha value is -0.480. The zero-order chi connectivity index (χ0) is 10.6. The van der Waals surface area contributed by atoms with Gasteiger partial charge in [-0.05, 0) is 52.1 Å². The summed E-state index contributed by atoms with van der Waals surface area (Å²) in [5.74, 6) is 0.644. The van der Waals surface area contributed by atoms with Crippen LogP contribution in [0.4, 0.5) is 4.79 Å². The number of carbonyl (C=O) groups is 1. The summed E-state index contributed by atoms with van der Waals surface area (Å²) in [5, 5.41) is 3.31. The Morgan fingerprint density at radius 1 is 1.47 bits per heavy atom. The first-order valence-electron chi connectivity index (χ1n) is 5.19. The van der Waals surface area contributed by atoms with Gasteiger partial charge in [0.05, 0.1) is 0 Å². The number of piperidine rings is 1. The van der Waals surface area contributed by atoms with Crippen LogP contribution in [0.3, 0.4) is 0 Å². The zero-order valence-corrected chi connectivity index (χ0v) is 10.2. The van der Waals surface area contributed by atoms with E-state index in [1.165, 1.54) is 0 Å². The maximum atomic E-state index is 10.6. The highest BCUT2D eigenvalue weighted by atomic mass is 35.5. The Balaban J connectivity index is 0.00000196. The molecule has 1 aliphatic rings. The summed E-state index contributed by atoms with van der Waals surface area (Å²) in [7, 11) is 0. The number of nitrogens with two attached hydrogens (primary N) is 1. The molecule has 1 heterocycles. The first-order chi connectivity index (χ1) is 6.49. The van der Waals surface area contributed by atoms with E-state index in [9.17, 15) is 4.79 Å². The Kier molecular flexibility index (Phi) is 5.98. The Morgan fingerprint density at radius 2 is 2.00 bits per heavy atom. The average Bonchev–Trinajstić information content (AvgIpc) is 2.02. The predicted molar refractivity (Wildman–Crippen MR) is 62.2 cm³/mol. The van der Waals surface area contributed by atoms with Gasteiger partial charge in [-0.1, -0.05) is 0 Å². The molecule has 4 nitrogen and oxygen atoms in total. The van der Waals surface area contributed by atoms with Crippen molar-refractivity contribution in [3.05, 3.63) is 0 Å². The van der Waals surface area contributed by atoms with Gasteiger partial charge in [-0.25, -0.2) is 4.79 Å². The predicted octanol–water partition coefficient (Wildman–Crippen LogP) is 1.67. The molecular weight excluding hydrogens is 216 g/mol. The second-order valence-electron chi connectivity index (χ2n) is 4.58. The first kappa shape index (κ1) is 14.5. The van der Waals surface area contributed by atoms with E-state index in [0.29, 0.717) is 5.92 Å². The molecule has 15 heavy (non-hydrogen) atoms. The third-order valence-corrected chi connectivity index (χ3v) is 2.62. The van der Waals surface area contributed by atoms with Gasteiger partial charge in [0, 0.05) is 0 Å². The third-order valence-electron chi connectivity index (χ3n) is 2.62. The SMILES string of the molecule is CC(C)(CC1CCNCC1)OC(N)=O.Cl. The van der Waals surface area contributed by atoms with Gasteiger partial charge in [0.25, 0.3) is 0 Å². The number of carbonyl (C=O) groups excluding carboxylic acids is 1. The topological polar surface area (TPSA) is 64.3 Å². The molecule has 0 saturated carbocycles. The molecule has 0 aromatic heterocycles. The summed E-state index contributed by atoms with van der Waals surface area (Å²) in [5.41, 5.74) is 4.59. The fraction of sp³-hybridized carbons (Fsp3) is 0.900. The lowest BCUT2D eigenvalue weighted by molar-refractivity contribution is 0.0229. The summed E-state index contributed by atoms with van der Waals surface area (Å²) < 4.78 is 5.06. The molecule has 0 unspecified atom stereocenters. The van der Waals surface area contributed by atoms with Crippen LogP contribution in [0.25, 0.3) is 0 Å². The minimum absolute atomic E-state index is 0. The van der Waals surface area contributed by atoms with Crippen LogP contribution in [0.5, 0.6) is 0 Å². The van der Waals surface area contributed by atoms with Crippen LogP contribution in [0.2, 0.25) is 0 Å². The van der Waals surface area contributed by atoms with Crippen LogP contribution < -0.4 is 11.1 Å². The van der Waals surface area contributed by atoms with Crippen molar-refractivity contribution in [3.8, 4) is 0 Å². The van der Waals surface area contributed by atoms with E-state index in [2.05, 4.69) is 5.32 Å². The van der Waals surface area contributed by atoms with Crippen molar-refractivity contribution < 1.29 is 9.53 Å². The van der Waals surface area contributed by atoms with Gasteiger partial charge < -0.3 is 15.8 Å². The Labute approximate surface area is 97.3 Å². The molecule has 1 fully saturated rings. The number of nitrogens with one attached hydrogen (secondary N) is 1. The van der Waals surface area contributed by atoms with E-state index >= 15 is 0 Å². The number of hydrogen-bond acceptors (Lipinski definition) is 3. The highest BCUT2D eigenvalue weighted by Gasteiger charge is 2.27. The van der Waals surface area contributed by atoms with Gasteiger partial charge in [0.15, 0.2) is 0 Å². The van der Waals surface area contributed by atoms with Gasteiger partial charge >= 0.3 is 6.09 Å². The van der Waals surface area contributed by atoms with Gasteiger partial charge in [-0.2, -0.15) is 0 Å². The summed E-state index contributed by atoms with van der Waals surface area (Å²) in [6.45, 7) is 5.97. The second-order valence-corrected chi connectivity index (χ2v) is 4.58. The van der Waals surface area contributed by atoms with Crippen molar-refractivity contribution in [1.29, 1.82) is 0 Å². The number of rotatable bonds is 3.